The molecule has 1 saturated carbocycles. The second-order valence-electron chi connectivity index (χ2n) is 5.79. The fraction of sp³-hybridized carbons (Fsp3) is 0.647. The molecule has 100 valence electrons. The highest BCUT2D eigenvalue weighted by Gasteiger charge is 2.25. The summed E-state index contributed by atoms with van der Waals surface area (Å²) < 4.78 is 0. The molecule has 1 heteroatoms. The van der Waals surface area contributed by atoms with Crippen LogP contribution in [0.25, 0.3) is 0 Å². The highest BCUT2D eigenvalue weighted by atomic mass is 14.9. The van der Waals surface area contributed by atoms with E-state index in [1.54, 1.807) is 0 Å². The summed E-state index contributed by atoms with van der Waals surface area (Å²) >= 11 is 0. The number of aryl methyl sites for hydroxylation is 2. The van der Waals surface area contributed by atoms with Gasteiger partial charge in [-0.05, 0) is 50.3 Å². The Kier molecular flexibility index (Phi) is 4.82. The minimum absolute atomic E-state index is 0.566. The van der Waals surface area contributed by atoms with Crippen molar-refractivity contribution in [3.05, 3.63) is 34.9 Å². The van der Waals surface area contributed by atoms with Crippen LogP contribution in [0.4, 0.5) is 0 Å². The first kappa shape index (κ1) is 13.6. The molecule has 1 unspecified atom stereocenters. The van der Waals surface area contributed by atoms with Crippen LogP contribution < -0.4 is 5.32 Å². The van der Waals surface area contributed by atoms with Gasteiger partial charge in [-0.3, -0.25) is 0 Å². The number of hydrogen-bond acceptors (Lipinski definition) is 1. The van der Waals surface area contributed by atoms with Crippen LogP contribution in [0.3, 0.4) is 0 Å². The van der Waals surface area contributed by atoms with E-state index in [9.17, 15) is 0 Å². The summed E-state index contributed by atoms with van der Waals surface area (Å²) in [5.74, 6) is 0.833. The molecule has 18 heavy (non-hydrogen) atoms. The molecular weight excluding hydrogens is 218 g/mol. The molecule has 1 nitrogen and oxygen atoms in total. The molecule has 1 aliphatic carbocycles. The molecule has 0 aliphatic heterocycles. The van der Waals surface area contributed by atoms with Gasteiger partial charge in [0.15, 0.2) is 0 Å². The average molecular weight is 245 g/mol. The molecule has 1 aromatic carbocycles. The SMILES string of the molecule is CCNC(c1ccc(C)cc1C)C1CCCCC1. The number of rotatable bonds is 4. The van der Waals surface area contributed by atoms with Gasteiger partial charge in [0.2, 0.25) is 0 Å². The highest BCUT2D eigenvalue weighted by Crippen LogP contribution is 2.35. The van der Waals surface area contributed by atoms with Gasteiger partial charge in [0.25, 0.3) is 0 Å². The smallest absolute Gasteiger partial charge is 0.0351 e. The van der Waals surface area contributed by atoms with E-state index in [2.05, 4.69) is 44.3 Å². The van der Waals surface area contributed by atoms with Crippen molar-refractivity contribution >= 4 is 0 Å². The Bertz CT molecular complexity index is 377. The first-order valence-electron chi connectivity index (χ1n) is 7.53. The predicted molar refractivity (Wildman–Crippen MR) is 78.9 cm³/mol. The van der Waals surface area contributed by atoms with Gasteiger partial charge in [0.05, 0.1) is 0 Å². The molecule has 0 amide bonds. The van der Waals surface area contributed by atoms with Crippen LogP contribution in [0.2, 0.25) is 0 Å². The van der Waals surface area contributed by atoms with E-state index in [1.165, 1.54) is 48.8 Å². The minimum Gasteiger partial charge on any atom is -0.310 e. The summed E-state index contributed by atoms with van der Waals surface area (Å²) in [6.07, 6.45) is 7.05. The standard InChI is InChI=1S/C17H27N/c1-4-18-17(15-8-6-5-7-9-15)16-11-10-13(2)12-14(16)3/h10-12,15,17-18H,4-9H2,1-3H3. The zero-order chi connectivity index (χ0) is 13.0. The van der Waals surface area contributed by atoms with E-state index in [0.717, 1.165) is 12.5 Å². The second-order valence-corrected chi connectivity index (χ2v) is 5.79. The molecular formula is C17H27N. The van der Waals surface area contributed by atoms with Crippen molar-refractivity contribution < 1.29 is 0 Å². The van der Waals surface area contributed by atoms with Crippen LogP contribution in [-0.4, -0.2) is 6.54 Å². The van der Waals surface area contributed by atoms with Crippen molar-refractivity contribution in [3.63, 3.8) is 0 Å². The van der Waals surface area contributed by atoms with Gasteiger partial charge in [-0.1, -0.05) is 49.9 Å². The maximum atomic E-state index is 3.73. The molecule has 0 aromatic heterocycles. The van der Waals surface area contributed by atoms with E-state index >= 15 is 0 Å². The third-order valence-electron chi connectivity index (χ3n) is 4.31. The molecule has 1 fully saturated rings. The first-order chi connectivity index (χ1) is 8.72. The van der Waals surface area contributed by atoms with Crippen LogP contribution in [0, 0.1) is 19.8 Å². The van der Waals surface area contributed by atoms with E-state index in [1.807, 2.05) is 0 Å². The lowest BCUT2D eigenvalue weighted by atomic mass is 9.80. The quantitative estimate of drug-likeness (QED) is 0.821. The van der Waals surface area contributed by atoms with Crippen molar-refractivity contribution in [1.29, 1.82) is 0 Å². The van der Waals surface area contributed by atoms with E-state index in [0.29, 0.717) is 6.04 Å². The fourth-order valence-corrected chi connectivity index (χ4v) is 3.39. The fourth-order valence-electron chi connectivity index (χ4n) is 3.39. The van der Waals surface area contributed by atoms with Gasteiger partial charge in [0, 0.05) is 6.04 Å². The van der Waals surface area contributed by atoms with Crippen molar-refractivity contribution in [3.8, 4) is 0 Å². The van der Waals surface area contributed by atoms with Crippen LogP contribution >= 0.6 is 0 Å². The van der Waals surface area contributed by atoms with Gasteiger partial charge in [0.1, 0.15) is 0 Å². The average Bonchev–Trinajstić information content (AvgIpc) is 2.38. The lowest BCUT2D eigenvalue weighted by molar-refractivity contribution is 0.274. The summed E-state index contributed by atoms with van der Waals surface area (Å²) in [5.41, 5.74) is 4.34. The van der Waals surface area contributed by atoms with Gasteiger partial charge >= 0.3 is 0 Å². The van der Waals surface area contributed by atoms with E-state index in [-0.39, 0.29) is 0 Å². The van der Waals surface area contributed by atoms with Gasteiger partial charge < -0.3 is 5.32 Å². The van der Waals surface area contributed by atoms with Crippen LogP contribution in [0.5, 0.6) is 0 Å². The normalized spacial score (nSPS) is 18.8. The van der Waals surface area contributed by atoms with Crippen molar-refractivity contribution in [1.82, 2.24) is 5.32 Å². The molecule has 0 bridgehead atoms. The predicted octanol–water partition coefficient (Wildman–Crippen LogP) is 4.53. The van der Waals surface area contributed by atoms with Crippen LogP contribution in [-0.2, 0) is 0 Å². The van der Waals surface area contributed by atoms with E-state index < -0.39 is 0 Å². The van der Waals surface area contributed by atoms with Crippen molar-refractivity contribution in [2.45, 2.75) is 58.9 Å². The van der Waals surface area contributed by atoms with Gasteiger partial charge in [-0.25, -0.2) is 0 Å². The maximum Gasteiger partial charge on any atom is 0.0351 e. The second kappa shape index (κ2) is 6.38. The Hall–Kier alpha value is -0.820. The van der Waals surface area contributed by atoms with Gasteiger partial charge in [-0.2, -0.15) is 0 Å². The molecule has 0 radical (unpaired) electrons. The molecule has 0 heterocycles. The topological polar surface area (TPSA) is 12.0 Å². The lowest BCUT2D eigenvalue weighted by Crippen LogP contribution is -2.30. The Morgan fingerprint density at radius 3 is 2.50 bits per heavy atom. The zero-order valence-corrected chi connectivity index (χ0v) is 12.1. The molecule has 0 saturated heterocycles. The summed E-state index contributed by atoms with van der Waals surface area (Å²) in [7, 11) is 0. The largest absolute Gasteiger partial charge is 0.310 e. The lowest BCUT2D eigenvalue weighted by Gasteiger charge is -2.32. The molecule has 1 atom stereocenters. The van der Waals surface area contributed by atoms with Crippen LogP contribution in [0.15, 0.2) is 18.2 Å². The number of hydrogen-bond donors (Lipinski definition) is 1. The van der Waals surface area contributed by atoms with E-state index in [4.69, 9.17) is 0 Å². The first-order valence-corrected chi connectivity index (χ1v) is 7.53. The summed E-state index contributed by atoms with van der Waals surface area (Å²) in [4.78, 5) is 0. The molecule has 1 aliphatic rings. The van der Waals surface area contributed by atoms with Crippen molar-refractivity contribution in [2.24, 2.45) is 5.92 Å². The number of nitrogens with one attached hydrogen (secondary N) is 1. The minimum atomic E-state index is 0.566. The van der Waals surface area contributed by atoms with Crippen LogP contribution in [0.1, 0.15) is 61.8 Å². The summed E-state index contributed by atoms with van der Waals surface area (Å²) in [6.45, 7) is 7.73. The third-order valence-corrected chi connectivity index (χ3v) is 4.31. The summed E-state index contributed by atoms with van der Waals surface area (Å²) in [5, 5.41) is 3.73. The zero-order valence-electron chi connectivity index (χ0n) is 12.1. The molecule has 1 aromatic rings. The van der Waals surface area contributed by atoms with Gasteiger partial charge in [-0.15, -0.1) is 0 Å². The monoisotopic (exact) mass is 245 g/mol. The Morgan fingerprint density at radius 1 is 1.17 bits per heavy atom. The molecule has 2 rings (SSSR count). The number of benzene rings is 1. The summed E-state index contributed by atoms with van der Waals surface area (Å²) in [6, 6.07) is 7.49. The molecule has 1 N–H and O–H groups in total. The Balaban J connectivity index is 2.22. The van der Waals surface area contributed by atoms with Crippen molar-refractivity contribution in [2.75, 3.05) is 6.54 Å². The molecule has 0 spiro atoms. The Labute approximate surface area is 112 Å². The Morgan fingerprint density at radius 2 is 1.89 bits per heavy atom. The third kappa shape index (κ3) is 3.14. The highest BCUT2D eigenvalue weighted by molar-refractivity contribution is 5.33. The maximum absolute atomic E-state index is 3.73.